The van der Waals surface area contributed by atoms with Crippen molar-refractivity contribution >= 4 is 17.5 Å². The van der Waals surface area contributed by atoms with Gasteiger partial charge in [-0.25, -0.2) is 0 Å². The summed E-state index contributed by atoms with van der Waals surface area (Å²) >= 11 is 5.99. The normalized spacial score (nSPS) is 20.2. The maximum atomic E-state index is 13.2. The third-order valence-corrected chi connectivity index (χ3v) is 6.25. The van der Waals surface area contributed by atoms with Gasteiger partial charge in [0.2, 0.25) is 5.91 Å². The lowest BCUT2D eigenvalue weighted by Crippen LogP contribution is -2.48. The Kier molecular flexibility index (Phi) is 4.25. The molecule has 1 amide bonds. The summed E-state index contributed by atoms with van der Waals surface area (Å²) in [4.78, 5) is 15.2. The highest BCUT2D eigenvalue weighted by molar-refractivity contribution is 6.30. The molecule has 2 aromatic rings. The van der Waals surface area contributed by atoms with Gasteiger partial charge in [-0.1, -0.05) is 54.1 Å². The molecule has 3 nitrogen and oxygen atoms in total. The largest absolute Gasteiger partial charge is 0.342 e. The summed E-state index contributed by atoms with van der Waals surface area (Å²) in [5.41, 5.74) is 1.28. The lowest BCUT2D eigenvalue weighted by molar-refractivity contribution is -0.135. The first-order valence-corrected chi connectivity index (χ1v) is 9.50. The second-order valence-corrected chi connectivity index (χ2v) is 7.88. The molecule has 1 saturated carbocycles. The number of carbonyl (C=O) groups excluding carboxylic acids is 1. The molecule has 0 radical (unpaired) electrons. The molecule has 0 spiro atoms. The quantitative estimate of drug-likeness (QED) is 0.807. The van der Waals surface area contributed by atoms with Crippen molar-refractivity contribution in [3.8, 4) is 6.07 Å². The Balaban J connectivity index is 1.51. The number of amides is 1. The van der Waals surface area contributed by atoms with Crippen molar-refractivity contribution in [1.82, 2.24) is 4.90 Å². The van der Waals surface area contributed by atoms with Crippen LogP contribution in [-0.4, -0.2) is 23.9 Å². The van der Waals surface area contributed by atoms with E-state index in [4.69, 9.17) is 11.6 Å². The van der Waals surface area contributed by atoms with Crippen LogP contribution in [0.4, 0.5) is 0 Å². The Labute approximate surface area is 159 Å². The average Bonchev–Trinajstić information content (AvgIpc) is 3.51. The topological polar surface area (TPSA) is 44.1 Å². The van der Waals surface area contributed by atoms with Crippen molar-refractivity contribution in [2.75, 3.05) is 13.1 Å². The number of piperidine rings is 1. The van der Waals surface area contributed by atoms with Crippen LogP contribution in [0.1, 0.15) is 36.8 Å². The van der Waals surface area contributed by atoms with E-state index < -0.39 is 5.41 Å². The summed E-state index contributed by atoms with van der Waals surface area (Å²) in [6, 6.07) is 20.2. The first kappa shape index (κ1) is 17.1. The number of benzene rings is 2. The van der Waals surface area contributed by atoms with Gasteiger partial charge in [-0.15, -0.1) is 0 Å². The molecule has 2 aromatic carbocycles. The van der Waals surface area contributed by atoms with E-state index >= 15 is 0 Å². The standard InChI is InChI=1S/C22H21ClN2O/c23-19-8-6-18(7-9-19)22(10-11-22)20(26)25-14-12-21(16-24,13-15-25)17-4-2-1-3-5-17/h1-9H,10-15H2. The van der Waals surface area contributed by atoms with Crippen molar-refractivity contribution in [2.45, 2.75) is 36.5 Å². The summed E-state index contributed by atoms with van der Waals surface area (Å²) < 4.78 is 0. The van der Waals surface area contributed by atoms with Crippen LogP contribution in [0.5, 0.6) is 0 Å². The molecule has 1 aliphatic heterocycles. The Morgan fingerprint density at radius 1 is 0.923 bits per heavy atom. The van der Waals surface area contributed by atoms with Crippen LogP contribution >= 0.6 is 11.6 Å². The van der Waals surface area contributed by atoms with Crippen LogP contribution in [0.15, 0.2) is 54.6 Å². The van der Waals surface area contributed by atoms with Crippen LogP contribution in [-0.2, 0) is 15.6 Å². The molecule has 132 valence electrons. The molecular formula is C22H21ClN2O. The van der Waals surface area contributed by atoms with Crippen molar-refractivity contribution in [1.29, 1.82) is 5.26 Å². The monoisotopic (exact) mass is 364 g/mol. The van der Waals surface area contributed by atoms with E-state index in [2.05, 4.69) is 6.07 Å². The van der Waals surface area contributed by atoms with Crippen molar-refractivity contribution in [3.05, 3.63) is 70.7 Å². The molecule has 4 heteroatoms. The van der Waals surface area contributed by atoms with E-state index in [-0.39, 0.29) is 11.3 Å². The Morgan fingerprint density at radius 3 is 2.08 bits per heavy atom. The molecule has 1 heterocycles. The lowest BCUT2D eigenvalue weighted by Gasteiger charge is -2.39. The maximum absolute atomic E-state index is 13.2. The van der Waals surface area contributed by atoms with Crippen LogP contribution in [0.25, 0.3) is 0 Å². The lowest BCUT2D eigenvalue weighted by atomic mass is 9.74. The Bertz CT molecular complexity index is 842. The Hall–Kier alpha value is -2.31. The van der Waals surface area contributed by atoms with Crippen molar-refractivity contribution in [3.63, 3.8) is 0 Å². The van der Waals surface area contributed by atoms with E-state index in [9.17, 15) is 10.1 Å². The molecule has 0 unspecified atom stereocenters. The van der Waals surface area contributed by atoms with Gasteiger partial charge in [0.25, 0.3) is 0 Å². The molecule has 1 saturated heterocycles. The summed E-state index contributed by atoms with van der Waals surface area (Å²) in [7, 11) is 0. The predicted molar refractivity (Wildman–Crippen MR) is 102 cm³/mol. The van der Waals surface area contributed by atoms with Gasteiger partial charge in [0.05, 0.1) is 16.9 Å². The number of halogens is 1. The molecule has 1 aliphatic carbocycles. The first-order chi connectivity index (χ1) is 12.6. The van der Waals surface area contributed by atoms with Gasteiger partial charge in [0.15, 0.2) is 0 Å². The van der Waals surface area contributed by atoms with Gasteiger partial charge in [-0.05, 0) is 48.9 Å². The third-order valence-electron chi connectivity index (χ3n) is 6.00. The maximum Gasteiger partial charge on any atom is 0.233 e. The van der Waals surface area contributed by atoms with Crippen LogP contribution in [0, 0.1) is 11.3 Å². The number of likely N-dealkylation sites (tertiary alicyclic amines) is 1. The molecule has 0 bridgehead atoms. The predicted octanol–water partition coefficient (Wildman–Crippen LogP) is 4.46. The van der Waals surface area contributed by atoms with Gasteiger partial charge in [-0.3, -0.25) is 4.79 Å². The van der Waals surface area contributed by atoms with E-state index in [1.54, 1.807) is 0 Å². The summed E-state index contributed by atoms with van der Waals surface area (Å²) in [5, 5.41) is 10.5. The number of rotatable bonds is 3. The molecule has 4 rings (SSSR count). The van der Waals surface area contributed by atoms with E-state index in [0.717, 1.165) is 24.0 Å². The highest BCUT2D eigenvalue weighted by Gasteiger charge is 2.53. The SMILES string of the molecule is N#CC1(c2ccccc2)CCN(C(=O)C2(c3ccc(Cl)cc3)CC2)CC1. The minimum absolute atomic E-state index is 0.208. The fourth-order valence-electron chi connectivity index (χ4n) is 4.14. The molecule has 2 fully saturated rings. The average molecular weight is 365 g/mol. The molecule has 0 aromatic heterocycles. The van der Waals surface area contributed by atoms with Crippen molar-refractivity contribution < 1.29 is 4.79 Å². The zero-order valence-corrected chi connectivity index (χ0v) is 15.4. The first-order valence-electron chi connectivity index (χ1n) is 9.12. The number of hydrogen-bond donors (Lipinski definition) is 0. The van der Waals surface area contributed by atoms with Gasteiger partial charge in [-0.2, -0.15) is 5.26 Å². The van der Waals surface area contributed by atoms with Gasteiger partial charge >= 0.3 is 0 Å². The molecular weight excluding hydrogens is 344 g/mol. The van der Waals surface area contributed by atoms with Gasteiger partial charge < -0.3 is 4.90 Å². The second kappa shape index (κ2) is 6.45. The zero-order chi connectivity index (χ0) is 18.2. The highest BCUT2D eigenvalue weighted by Crippen LogP contribution is 2.50. The molecule has 2 aliphatic rings. The molecule has 0 N–H and O–H groups in total. The minimum atomic E-state index is -0.477. The summed E-state index contributed by atoms with van der Waals surface area (Å²) in [5.74, 6) is 0.208. The number of carbonyl (C=O) groups is 1. The fourth-order valence-corrected chi connectivity index (χ4v) is 4.26. The van der Waals surface area contributed by atoms with Gasteiger partial charge in [0, 0.05) is 18.1 Å². The Morgan fingerprint density at radius 2 is 1.54 bits per heavy atom. The third kappa shape index (κ3) is 2.79. The number of hydrogen-bond acceptors (Lipinski definition) is 2. The van der Waals surface area contributed by atoms with Gasteiger partial charge in [0.1, 0.15) is 0 Å². The summed E-state index contributed by atoms with van der Waals surface area (Å²) in [6.45, 7) is 1.27. The smallest absolute Gasteiger partial charge is 0.233 e. The minimum Gasteiger partial charge on any atom is -0.342 e. The van der Waals surface area contributed by atoms with Crippen molar-refractivity contribution in [2.24, 2.45) is 0 Å². The van der Waals surface area contributed by atoms with Crippen LogP contribution in [0.3, 0.4) is 0 Å². The second-order valence-electron chi connectivity index (χ2n) is 7.44. The van der Waals surface area contributed by atoms with Crippen LogP contribution in [0.2, 0.25) is 5.02 Å². The van der Waals surface area contributed by atoms with E-state index in [1.165, 1.54) is 0 Å². The zero-order valence-electron chi connectivity index (χ0n) is 14.6. The van der Waals surface area contributed by atoms with E-state index in [0.29, 0.717) is 31.0 Å². The molecule has 0 atom stereocenters. The highest BCUT2D eigenvalue weighted by atomic mass is 35.5. The molecule has 26 heavy (non-hydrogen) atoms. The number of nitriles is 1. The van der Waals surface area contributed by atoms with E-state index in [1.807, 2.05) is 59.5 Å². The van der Waals surface area contributed by atoms with Crippen LogP contribution < -0.4 is 0 Å². The number of nitrogens with zero attached hydrogens (tertiary/aromatic N) is 2. The summed E-state index contributed by atoms with van der Waals surface area (Å²) in [6.07, 6.45) is 3.17. The fraction of sp³-hybridized carbons (Fsp3) is 0.364.